The maximum Gasteiger partial charge on any atom is 0.119 e. The SMILES string of the molecule is CCOc1ccc(C(CN)N2CCCC(C)C2)cc1. The van der Waals surface area contributed by atoms with E-state index in [1.807, 2.05) is 6.92 Å². The summed E-state index contributed by atoms with van der Waals surface area (Å²) < 4.78 is 5.49. The molecule has 1 fully saturated rings. The summed E-state index contributed by atoms with van der Waals surface area (Å²) in [7, 11) is 0. The van der Waals surface area contributed by atoms with Crippen molar-refractivity contribution in [2.24, 2.45) is 11.7 Å². The van der Waals surface area contributed by atoms with Crippen LogP contribution in [0, 0.1) is 5.92 Å². The standard InChI is InChI=1S/C16H26N2O/c1-3-19-15-8-6-14(7-9-15)16(11-17)18-10-4-5-13(2)12-18/h6-9,13,16H,3-5,10-12,17H2,1-2H3. The Hall–Kier alpha value is -1.06. The smallest absolute Gasteiger partial charge is 0.119 e. The van der Waals surface area contributed by atoms with E-state index in [1.54, 1.807) is 0 Å². The molecule has 0 saturated carbocycles. The lowest BCUT2D eigenvalue weighted by Crippen LogP contribution is -2.40. The lowest BCUT2D eigenvalue weighted by molar-refractivity contribution is 0.133. The molecule has 3 nitrogen and oxygen atoms in total. The Bertz CT molecular complexity index is 377. The maximum absolute atomic E-state index is 6.00. The van der Waals surface area contributed by atoms with Crippen molar-refractivity contribution in [2.75, 3.05) is 26.2 Å². The van der Waals surface area contributed by atoms with E-state index < -0.39 is 0 Å². The largest absolute Gasteiger partial charge is 0.494 e. The summed E-state index contributed by atoms with van der Waals surface area (Å²) in [6.45, 7) is 8.06. The minimum atomic E-state index is 0.346. The fraction of sp³-hybridized carbons (Fsp3) is 0.625. The van der Waals surface area contributed by atoms with E-state index in [0.717, 1.165) is 18.2 Å². The van der Waals surface area contributed by atoms with E-state index in [1.165, 1.54) is 24.9 Å². The summed E-state index contributed by atoms with van der Waals surface area (Å²) in [5.74, 6) is 1.72. The van der Waals surface area contributed by atoms with Gasteiger partial charge in [-0.25, -0.2) is 0 Å². The fourth-order valence-corrected chi connectivity index (χ4v) is 2.96. The molecular weight excluding hydrogens is 236 g/mol. The molecule has 2 rings (SSSR count). The van der Waals surface area contributed by atoms with Gasteiger partial charge >= 0.3 is 0 Å². The summed E-state index contributed by atoms with van der Waals surface area (Å²) in [6, 6.07) is 8.76. The molecular formula is C16H26N2O. The number of piperidine rings is 1. The number of nitrogens with two attached hydrogens (primary N) is 1. The van der Waals surface area contributed by atoms with Crippen LogP contribution in [-0.2, 0) is 0 Å². The van der Waals surface area contributed by atoms with Gasteiger partial charge in [-0.2, -0.15) is 0 Å². The number of hydrogen-bond acceptors (Lipinski definition) is 3. The van der Waals surface area contributed by atoms with Gasteiger partial charge in [0.15, 0.2) is 0 Å². The summed E-state index contributed by atoms with van der Waals surface area (Å²) in [6.07, 6.45) is 2.63. The van der Waals surface area contributed by atoms with Crippen LogP contribution in [0.1, 0.15) is 38.3 Å². The highest BCUT2D eigenvalue weighted by Crippen LogP contribution is 2.27. The molecule has 0 bridgehead atoms. The first kappa shape index (κ1) is 14.4. The molecule has 19 heavy (non-hydrogen) atoms. The summed E-state index contributed by atoms with van der Waals surface area (Å²) in [4.78, 5) is 2.53. The van der Waals surface area contributed by atoms with Crippen LogP contribution in [0.15, 0.2) is 24.3 Å². The number of nitrogens with zero attached hydrogens (tertiary/aromatic N) is 1. The number of likely N-dealkylation sites (tertiary alicyclic amines) is 1. The highest BCUT2D eigenvalue weighted by Gasteiger charge is 2.24. The number of rotatable bonds is 5. The monoisotopic (exact) mass is 262 g/mol. The minimum Gasteiger partial charge on any atom is -0.494 e. The van der Waals surface area contributed by atoms with Crippen molar-refractivity contribution < 1.29 is 4.74 Å². The molecule has 0 spiro atoms. The van der Waals surface area contributed by atoms with E-state index in [4.69, 9.17) is 10.5 Å². The van der Waals surface area contributed by atoms with Gasteiger partial charge in [-0.05, 0) is 49.9 Å². The Kier molecular flexibility index (Phi) is 5.23. The summed E-state index contributed by atoms with van der Waals surface area (Å²) in [5, 5.41) is 0. The van der Waals surface area contributed by atoms with Crippen molar-refractivity contribution in [1.82, 2.24) is 4.90 Å². The van der Waals surface area contributed by atoms with E-state index in [2.05, 4.69) is 36.1 Å². The molecule has 1 saturated heterocycles. The van der Waals surface area contributed by atoms with Gasteiger partial charge in [0.05, 0.1) is 6.61 Å². The van der Waals surface area contributed by atoms with Gasteiger partial charge in [0, 0.05) is 19.1 Å². The van der Waals surface area contributed by atoms with Gasteiger partial charge in [-0.15, -0.1) is 0 Å². The molecule has 0 aliphatic carbocycles. The van der Waals surface area contributed by atoms with E-state index in [0.29, 0.717) is 19.2 Å². The van der Waals surface area contributed by atoms with Gasteiger partial charge in [-0.3, -0.25) is 4.90 Å². The quantitative estimate of drug-likeness (QED) is 0.887. The second kappa shape index (κ2) is 6.92. The third-order valence-electron chi connectivity index (χ3n) is 3.93. The first-order valence-electron chi connectivity index (χ1n) is 7.41. The van der Waals surface area contributed by atoms with Gasteiger partial charge in [0.1, 0.15) is 5.75 Å². The molecule has 0 radical (unpaired) electrons. The molecule has 3 heteroatoms. The molecule has 1 aliphatic heterocycles. The molecule has 2 N–H and O–H groups in total. The Labute approximate surface area is 116 Å². The molecule has 1 aliphatic rings. The second-order valence-electron chi connectivity index (χ2n) is 5.50. The minimum absolute atomic E-state index is 0.346. The molecule has 1 aromatic carbocycles. The zero-order chi connectivity index (χ0) is 13.7. The van der Waals surface area contributed by atoms with Crippen LogP contribution in [0.25, 0.3) is 0 Å². The lowest BCUT2D eigenvalue weighted by Gasteiger charge is -2.37. The molecule has 0 amide bonds. The van der Waals surface area contributed by atoms with Crippen LogP contribution < -0.4 is 10.5 Å². The van der Waals surface area contributed by atoms with Crippen molar-refractivity contribution in [2.45, 2.75) is 32.7 Å². The van der Waals surface area contributed by atoms with Crippen molar-refractivity contribution in [3.63, 3.8) is 0 Å². The Balaban J connectivity index is 2.07. The van der Waals surface area contributed by atoms with Crippen LogP contribution in [0.4, 0.5) is 0 Å². The number of hydrogen-bond donors (Lipinski definition) is 1. The summed E-state index contributed by atoms with van der Waals surface area (Å²) >= 11 is 0. The Morgan fingerprint density at radius 2 is 2.11 bits per heavy atom. The number of ether oxygens (including phenoxy) is 1. The van der Waals surface area contributed by atoms with Crippen LogP contribution in [0.3, 0.4) is 0 Å². The Morgan fingerprint density at radius 1 is 1.37 bits per heavy atom. The van der Waals surface area contributed by atoms with E-state index in [-0.39, 0.29) is 0 Å². The third-order valence-corrected chi connectivity index (χ3v) is 3.93. The average molecular weight is 262 g/mol. The van der Waals surface area contributed by atoms with E-state index >= 15 is 0 Å². The zero-order valence-electron chi connectivity index (χ0n) is 12.1. The van der Waals surface area contributed by atoms with Crippen molar-refractivity contribution in [3.8, 4) is 5.75 Å². The van der Waals surface area contributed by atoms with Gasteiger partial charge < -0.3 is 10.5 Å². The molecule has 1 aromatic rings. The van der Waals surface area contributed by atoms with Gasteiger partial charge in [0.2, 0.25) is 0 Å². The van der Waals surface area contributed by atoms with Crippen LogP contribution in [0.2, 0.25) is 0 Å². The normalized spacial score (nSPS) is 22.2. The lowest BCUT2D eigenvalue weighted by atomic mass is 9.96. The highest BCUT2D eigenvalue weighted by molar-refractivity contribution is 5.29. The molecule has 2 unspecified atom stereocenters. The summed E-state index contributed by atoms with van der Waals surface area (Å²) in [5.41, 5.74) is 7.31. The van der Waals surface area contributed by atoms with Gasteiger partial charge in [-0.1, -0.05) is 19.1 Å². The topological polar surface area (TPSA) is 38.5 Å². The van der Waals surface area contributed by atoms with Crippen molar-refractivity contribution >= 4 is 0 Å². The van der Waals surface area contributed by atoms with Crippen LogP contribution in [-0.4, -0.2) is 31.1 Å². The third kappa shape index (κ3) is 3.71. The molecule has 106 valence electrons. The van der Waals surface area contributed by atoms with Crippen molar-refractivity contribution in [1.29, 1.82) is 0 Å². The maximum atomic E-state index is 6.00. The highest BCUT2D eigenvalue weighted by atomic mass is 16.5. The second-order valence-corrected chi connectivity index (χ2v) is 5.50. The van der Waals surface area contributed by atoms with Gasteiger partial charge in [0.25, 0.3) is 0 Å². The molecule has 2 atom stereocenters. The number of benzene rings is 1. The Morgan fingerprint density at radius 3 is 2.68 bits per heavy atom. The predicted molar refractivity (Wildman–Crippen MR) is 79.4 cm³/mol. The predicted octanol–water partition coefficient (Wildman–Crippen LogP) is 2.82. The molecule has 0 aromatic heterocycles. The van der Waals surface area contributed by atoms with Crippen LogP contribution in [0.5, 0.6) is 5.75 Å². The van der Waals surface area contributed by atoms with Crippen molar-refractivity contribution in [3.05, 3.63) is 29.8 Å². The fourth-order valence-electron chi connectivity index (χ4n) is 2.96. The molecule has 1 heterocycles. The van der Waals surface area contributed by atoms with Crippen LogP contribution >= 0.6 is 0 Å². The zero-order valence-corrected chi connectivity index (χ0v) is 12.1. The first-order chi connectivity index (χ1) is 9.24. The average Bonchev–Trinajstić information content (AvgIpc) is 2.42. The first-order valence-corrected chi connectivity index (χ1v) is 7.41. The van der Waals surface area contributed by atoms with E-state index in [9.17, 15) is 0 Å².